The summed E-state index contributed by atoms with van der Waals surface area (Å²) < 4.78 is 0. The summed E-state index contributed by atoms with van der Waals surface area (Å²) in [7, 11) is 0. The summed E-state index contributed by atoms with van der Waals surface area (Å²) >= 11 is 11.7. The highest BCUT2D eigenvalue weighted by molar-refractivity contribution is 6.42. The minimum Gasteiger partial charge on any atom is -0.335 e. The lowest BCUT2D eigenvalue weighted by Crippen LogP contribution is -2.37. The van der Waals surface area contributed by atoms with Gasteiger partial charge < -0.3 is 10.6 Å². The molecule has 0 fully saturated rings. The minimum atomic E-state index is -0.247. The van der Waals surface area contributed by atoms with E-state index in [0.717, 1.165) is 5.56 Å². The van der Waals surface area contributed by atoms with E-state index >= 15 is 0 Å². The number of amides is 2. The summed E-state index contributed by atoms with van der Waals surface area (Å²) in [5, 5.41) is 6.38. The second kappa shape index (κ2) is 6.52. The maximum atomic E-state index is 11.4. The molecule has 0 bridgehead atoms. The van der Waals surface area contributed by atoms with Crippen LogP contribution in [0.3, 0.4) is 0 Å². The molecule has 0 unspecified atom stereocenters. The van der Waals surface area contributed by atoms with Gasteiger partial charge in [-0.05, 0) is 24.6 Å². The molecule has 1 aromatic carbocycles. The standard InChI is InChI=1S/C12H14Cl2N2O/c1-3-6-15-12(17)16-8(2)9-4-5-10(13)11(14)7-9/h3-5,7-8H,1,6H2,2H3,(H2,15,16,17)/t8-/m1/s1. The van der Waals surface area contributed by atoms with Gasteiger partial charge in [-0.1, -0.05) is 35.3 Å². The van der Waals surface area contributed by atoms with Crippen molar-refractivity contribution in [2.75, 3.05) is 6.54 Å². The van der Waals surface area contributed by atoms with Gasteiger partial charge in [-0.2, -0.15) is 0 Å². The van der Waals surface area contributed by atoms with Crippen molar-refractivity contribution >= 4 is 29.2 Å². The number of carbonyl (C=O) groups excluding carboxylic acids is 1. The predicted molar refractivity (Wildman–Crippen MR) is 71.6 cm³/mol. The smallest absolute Gasteiger partial charge is 0.315 e. The molecule has 0 aromatic heterocycles. The Labute approximate surface area is 111 Å². The highest BCUT2D eigenvalue weighted by Gasteiger charge is 2.10. The number of hydrogen-bond acceptors (Lipinski definition) is 1. The number of urea groups is 1. The first-order valence-electron chi connectivity index (χ1n) is 5.14. The van der Waals surface area contributed by atoms with Gasteiger partial charge in [-0.25, -0.2) is 4.79 Å². The normalized spacial score (nSPS) is 11.7. The number of benzene rings is 1. The fourth-order valence-electron chi connectivity index (χ4n) is 1.28. The van der Waals surface area contributed by atoms with E-state index in [1.165, 1.54) is 0 Å². The van der Waals surface area contributed by atoms with Gasteiger partial charge in [0.15, 0.2) is 0 Å². The first-order valence-corrected chi connectivity index (χ1v) is 5.90. The van der Waals surface area contributed by atoms with Crippen LogP contribution in [0.2, 0.25) is 10.0 Å². The zero-order valence-electron chi connectivity index (χ0n) is 9.47. The Morgan fingerprint density at radius 3 is 2.76 bits per heavy atom. The van der Waals surface area contributed by atoms with Crippen molar-refractivity contribution in [3.05, 3.63) is 46.5 Å². The van der Waals surface area contributed by atoms with Crippen LogP contribution in [0.4, 0.5) is 4.79 Å². The van der Waals surface area contributed by atoms with Crippen LogP contribution in [-0.4, -0.2) is 12.6 Å². The van der Waals surface area contributed by atoms with E-state index in [1.807, 2.05) is 13.0 Å². The van der Waals surface area contributed by atoms with Gasteiger partial charge in [-0.15, -0.1) is 6.58 Å². The average Bonchev–Trinajstić information content (AvgIpc) is 2.30. The average molecular weight is 273 g/mol. The molecular weight excluding hydrogens is 259 g/mol. The van der Waals surface area contributed by atoms with E-state index in [2.05, 4.69) is 17.2 Å². The quantitative estimate of drug-likeness (QED) is 0.809. The van der Waals surface area contributed by atoms with Crippen LogP contribution in [0.5, 0.6) is 0 Å². The maximum absolute atomic E-state index is 11.4. The van der Waals surface area contributed by atoms with E-state index in [-0.39, 0.29) is 12.1 Å². The van der Waals surface area contributed by atoms with Gasteiger partial charge in [0, 0.05) is 6.54 Å². The van der Waals surface area contributed by atoms with Crippen LogP contribution < -0.4 is 10.6 Å². The van der Waals surface area contributed by atoms with Crippen LogP contribution in [0, 0.1) is 0 Å². The van der Waals surface area contributed by atoms with Crippen molar-refractivity contribution in [3.8, 4) is 0 Å². The lowest BCUT2D eigenvalue weighted by molar-refractivity contribution is 0.239. The van der Waals surface area contributed by atoms with E-state index < -0.39 is 0 Å². The molecule has 17 heavy (non-hydrogen) atoms. The first-order chi connectivity index (χ1) is 8.04. The summed E-state index contributed by atoms with van der Waals surface area (Å²) in [5.74, 6) is 0. The van der Waals surface area contributed by atoms with E-state index in [0.29, 0.717) is 16.6 Å². The second-order valence-corrected chi connectivity index (χ2v) is 4.35. The van der Waals surface area contributed by atoms with Gasteiger partial charge in [0.2, 0.25) is 0 Å². The van der Waals surface area contributed by atoms with Crippen LogP contribution in [0.1, 0.15) is 18.5 Å². The number of nitrogens with one attached hydrogen (secondary N) is 2. The summed E-state index contributed by atoms with van der Waals surface area (Å²) in [5.41, 5.74) is 0.896. The van der Waals surface area contributed by atoms with Gasteiger partial charge in [0.25, 0.3) is 0 Å². The highest BCUT2D eigenvalue weighted by Crippen LogP contribution is 2.25. The molecule has 5 heteroatoms. The molecule has 3 nitrogen and oxygen atoms in total. The van der Waals surface area contributed by atoms with Crippen LogP contribution in [0.25, 0.3) is 0 Å². The molecule has 2 N–H and O–H groups in total. The lowest BCUT2D eigenvalue weighted by Gasteiger charge is -2.15. The predicted octanol–water partition coefficient (Wildman–Crippen LogP) is 3.54. The van der Waals surface area contributed by atoms with Gasteiger partial charge in [0.05, 0.1) is 16.1 Å². The Balaban J connectivity index is 2.63. The topological polar surface area (TPSA) is 41.1 Å². The largest absolute Gasteiger partial charge is 0.335 e. The van der Waals surface area contributed by atoms with Crippen molar-refractivity contribution in [1.82, 2.24) is 10.6 Å². The van der Waals surface area contributed by atoms with Crippen LogP contribution >= 0.6 is 23.2 Å². The molecular formula is C12H14Cl2N2O. The molecule has 0 aliphatic heterocycles. The van der Waals surface area contributed by atoms with Gasteiger partial charge in [0.1, 0.15) is 0 Å². The number of rotatable bonds is 4. The Bertz CT molecular complexity index is 421. The number of carbonyl (C=O) groups is 1. The van der Waals surface area contributed by atoms with Gasteiger partial charge >= 0.3 is 6.03 Å². The first kappa shape index (κ1) is 13.9. The van der Waals surface area contributed by atoms with Crippen molar-refractivity contribution in [2.45, 2.75) is 13.0 Å². The summed E-state index contributed by atoms with van der Waals surface area (Å²) in [6, 6.07) is 4.88. The van der Waals surface area contributed by atoms with E-state index in [9.17, 15) is 4.79 Å². The van der Waals surface area contributed by atoms with E-state index in [1.54, 1.807) is 18.2 Å². The fraction of sp³-hybridized carbons (Fsp3) is 0.250. The molecule has 0 saturated heterocycles. The zero-order chi connectivity index (χ0) is 12.8. The van der Waals surface area contributed by atoms with E-state index in [4.69, 9.17) is 23.2 Å². The molecule has 1 atom stereocenters. The third-order valence-electron chi connectivity index (χ3n) is 2.20. The molecule has 0 radical (unpaired) electrons. The van der Waals surface area contributed by atoms with Gasteiger partial charge in [-0.3, -0.25) is 0 Å². The Morgan fingerprint density at radius 2 is 2.18 bits per heavy atom. The molecule has 2 amide bonds. The van der Waals surface area contributed by atoms with Crippen LogP contribution in [-0.2, 0) is 0 Å². The highest BCUT2D eigenvalue weighted by atomic mass is 35.5. The molecule has 0 saturated carbocycles. The Morgan fingerprint density at radius 1 is 1.47 bits per heavy atom. The van der Waals surface area contributed by atoms with Crippen molar-refractivity contribution in [2.24, 2.45) is 0 Å². The van der Waals surface area contributed by atoms with Crippen molar-refractivity contribution in [1.29, 1.82) is 0 Å². The molecule has 0 heterocycles. The summed E-state index contributed by atoms with van der Waals surface area (Å²) in [6.45, 7) is 5.82. The number of halogens is 2. The molecule has 1 rings (SSSR count). The SMILES string of the molecule is C=CCNC(=O)N[C@H](C)c1ccc(Cl)c(Cl)c1. The molecule has 92 valence electrons. The minimum absolute atomic E-state index is 0.144. The Hall–Kier alpha value is -1.19. The third-order valence-corrected chi connectivity index (χ3v) is 2.94. The zero-order valence-corrected chi connectivity index (χ0v) is 11.0. The fourth-order valence-corrected chi connectivity index (χ4v) is 1.58. The molecule has 1 aromatic rings. The summed E-state index contributed by atoms with van der Waals surface area (Å²) in [4.78, 5) is 11.4. The second-order valence-electron chi connectivity index (χ2n) is 3.54. The summed E-state index contributed by atoms with van der Waals surface area (Å²) in [6.07, 6.45) is 1.61. The third kappa shape index (κ3) is 4.29. The van der Waals surface area contributed by atoms with Crippen LogP contribution in [0.15, 0.2) is 30.9 Å². The van der Waals surface area contributed by atoms with Crippen molar-refractivity contribution < 1.29 is 4.79 Å². The maximum Gasteiger partial charge on any atom is 0.315 e. The van der Waals surface area contributed by atoms with Crippen molar-refractivity contribution in [3.63, 3.8) is 0 Å². The number of hydrogen-bond donors (Lipinski definition) is 2. The Kier molecular flexibility index (Phi) is 5.32. The monoisotopic (exact) mass is 272 g/mol. The molecule has 0 spiro atoms. The molecule has 0 aliphatic carbocycles. The lowest BCUT2D eigenvalue weighted by atomic mass is 10.1. The molecule has 0 aliphatic rings.